The molecular weight excluding hydrogens is 258 g/mol. The quantitative estimate of drug-likeness (QED) is 0.642. The lowest BCUT2D eigenvalue weighted by atomic mass is 10.1. The molecule has 0 spiro atoms. The second-order valence-electron chi connectivity index (χ2n) is 4.70. The monoisotopic (exact) mass is 273 g/mol. The van der Waals surface area contributed by atoms with E-state index >= 15 is 0 Å². The van der Waals surface area contributed by atoms with E-state index in [1.54, 1.807) is 0 Å². The van der Waals surface area contributed by atoms with Crippen LogP contribution in [0, 0.1) is 0 Å². The van der Waals surface area contributed by atoms with Crippen molar-refractivity contribution in [3.8, 4) is 0 Å². The van der Waals surface area contributed by atoms with Crippen molar-refractivity contribution >= 4 is 22.1 Å². The molecule has 6 nitrogen and oxygen atoms in total. The van der Waals surface area contributed by atoms with E-state index in [4.69, 9.17) is 8.97 Å². The molecule has 1 aromatic heterocycles. The normalized spacial score (nSPS) is 12.9. The van der Waals surface area contributed by atoms with Crippen LogP contribution in [0.5, 0.6) is 0 Å². The van der Waals surface area contributed by atoms with Gasteiger partial charge in [0.15, 0.2) is 0 Å². The summed E-state index contributed by atoms with van der Waals surface area (Å²) in [5, 5.41) is 2.13. The summed E-state index contributed by atoms with van der Waals surface area (Å²) < 4.78 is 35.0. The van der Waals surface area contributed by atoms with Crippen molar-refractivity contribution in [2.24, 2.45) is 0 Å². The van der Waals surface area contributed by atoms with Gasteiger partial charge in [0.1, 0.15) is 5.76 Å². The van der Waals surface area contributed by atoms with Crippen LogP contribution in [-0.2, 0) is 14.9 Å². The van der Waals surface area contributed by atoms with Gasteiger partial charge in [0.25, 0.3) is 0 Å². The first-order chi connectivity index (χ1) is 8.08. The van der Waals surface area contributed by atoms with Crippen molar-refractivity contribution in [1.82, 2.24) is 5.32 Å². The van der Waals surface area contributed by atoms with Crippen LogP contribution in [0.25, 0.3) is 6.08 Å². The molecule has 0 aliphatic carbocycles. The zero-order valence-corrected chi connectivity index (χ0v) is 11.1. The molecule has 1 rings (SSSR count). The fourth-order valence-corrected chi connectivity index (χ4v) is 1.57. The first-order valence-corrected chi connectivity index (χ1v) is 6.59. The predicted molar refractivity (Wildman–Crippen MR) is 65.5 cm³/mol. The van der Waals surface area contributed by atoms with Crippen molar-refractivity contribution in [1.29, 1.82) is 0 Å². The highest BCUT2D eigenvalue weighted by molar-refractivity contribution is 7.85. The molecule has 0 aliphatic heterocycles. The second kappa shape index (κ2) is 4.95. The van der Waals surface area contributed by atoms with Crippen LogP contribution < -0.4 is 5.32 Å². The topological polar surface area (TPSA) is 96.6 Å². The van der Waals surface area contributed by atoms with Gasteiger partial charge in [0.2, 0.25) is 11.0 Å². The zero-order chi connectivity index (χ0) is 14.0. The van der Waals surface area contributed by atoms with Crippen LogP contribution in [0.15, 0.2) is 27.7 Å². The van der Waals surface area contributed by atoms with E-state index in [9.17, 15) is 13.2 Å². The van der Waals surface area contributed by atoms with Gasteiger partial charge in [-0.25, -0.2) is 0 Å². The van der Waals surface area contributed by atoms with E-state index in [0.29, 0.717) is 0 Å². The minimum atomic E-state index is -4.35. The summed E-state index contributed by atoms with van der Waals surface area (Å²) in [6, 6.07) is 2.45. The molecule has 0 unspecified atom stereocenters. The SMILES string of the molecule is CC(C)(C)NC(=O)/C=C/c1ccc(S(=O)(=O)O)o1. The minimum Gasteiger partial charge on any atom is -0.443 e. The number of amides is 1. The lowest BCUT2D eigenvalue weighted by Crippen LogP contribution is -2.39. The fourth-order valence-electron chi connectivity index (χ4n) is 1.13. The molecule has 0 radical (unpaired) electrons. The van der Waals surface area contributed by atoms with Gasteiger partial charge in [-0.1, -0.05) is 0 Å². The van der Waals surface area contributed by atoms with Crippen LogP contribution in [0.2, 0.25) is 0 Å². The Kier molecular flexibility index (Phi) is 3.98. The van der Waals surface area contributed by atoms with Gasteiger partial charge in [0.05, 0.1) is 0 Å². The lowest BCUT2D eigenvalue weighted by molar-refractivity contribution is -0.117. The van der Waals surface area contributed by atoms with E-state index in [-0.39, 0.29) is 17.2 Å². The van der Waals surface area contributed by atoms with Crippen molar-refractivity contribution in [3.05, 3.63) is 24.0 Å². The van der Waals surface area contributed by atoms with Crippen LogP contribution in [0.4, 0.5) is 0 Å². The molecule has 18 heavy (non-hydrogen) atoms. The van der Waals surface area contributed by atoms with Crippen LogP contribution in [-0.4, -0.2) is 24.4 Å². The Morgan fingerprint density at radius 3 is 2.44 bits per heavy atom. The molecule has 0 fully saturated rings. The Morgan fingerprint density at radius 1 is 1.39 bits per heavy atom. The molecule has 0 bridgehead atoms. The lowest BCUT2D eigenvalue weighted by Gasteiger charge is -2.18. The van der Waals surface area contributed by atoms with Crippen LogP contribution in [0.3, 0.4) is 0 Å². The summed E-state index contributed by atoms with van der Waals surface area (Å²) in [4.78, 5) is 11.4. The zero-order valence-electron chi connectivity index (χ0n) is 10.3. The first-order valence-electron chi connectivity index (χ1n) is 5.15. The summed E-state index contributed by atoms with van der Waals surface area (Å²) in [6.45, 7) is 5.51. The first kappa shape index (κ1) is 14.5. The van der Waals surface area contributed by atoms with Crippen molar-refractivity contribution in [2.45, 2.75) is 31.4 Å². The molecule has 0 saturated heterocycles. The molecular formula is C11H15NO5S. The fraction of sp³-hybridized carbons (Fsp3) is 0.364. The van der Waals surface area contributed by atoms with Crippen molar-refractivity contribution in [2.75, 3.05) is 0 Å². The molecule has 0 atom stereocenters. The largest absolute Gasteiger partial charge is 0.443 e. The summed E-state index contributed by atoms with van der Waals surface area (Å²) in [6.07, 6.45) is 2.54. The number of furan rings is 1. The Balaban J connectivity index is 2.74. The van der Waals surface area contributed by atoms with E-state index in [1.165, 1.54) is 18.2 Å². The van der Waals surface area contributed by atoms with Crippen molar-refractivity contribution < 1.29 is 22.2 Å². The molecule has 0 saturated carbocycles. The van der Waals surface area contributed by atoms with Gasteiger partial charge in [-0.05, 0) is 39.0 Å². The Labute approximate surface area is 105 Å². The third-order valence-electron chi connectivity index (χ3n) is 1.75. The highest BCUT2D eigenvalue weighted by Gasteiger charge is 2.14. The molecule has 1 amide bonds. The maximum atomic E-state index is 11.4. The maximum absolute atomic E-state index is 11.4. The van der Waals surface area contributed by atoms with Gasteiger partial charge >= 0.3 is 10.1 Å². The summed E-state index contributed by atoms with van der Waals surface area (Å²) in [5.41, 5.74) is -0.357. The highest BCUT2D eigenvalue weighted by Crippen LogP contribution is 2.14. The molecule has 1 heterocycles. The molecule has 1 aromatic rings. The summed E-state index contributed by atoms with van der Waals surface area (Å²) >= 11 is 0. The average molecular weight is 273 g/mol. The molecule has 7 heteroatoms. The van der Waals surface area contributed by atoms with Crippen LogP contribution in [0.1, 0.15) is 26.5 Å². The van der Waals surface area contributed by atoms with Gasteiger partial charge in [-0.3, -0.25) is 9.35 Å². The maximum Gasteiger partial charge on any atom is 0.328 e. The summed E-state index contributed by atoms with van der Waals surface area (Å²) in [7, 11) is -4.35. The number of nitrogens with one attached hydrogen (secondary N) is 1. The molecule has 2 N–H and O–H groups in total. The number of hydrogen-bond donors (Lipinski definition) is 2. The predicted octanol–water partition coefficient (Wildman–Crippen LogP) is 1.45. The summed E-state index contributed by atoms with van der Waals surface area (Å²) in [5.74, 6) is -0.168. The molecule has 0 aliphatic rings. The van der Waals surface area contributed by atoms with Gasteiger partial charge < -0.3 is 9.73 Å². The van der Waals surface area contributed by atoms with E-state index in [2.05, 4.69) is 5.32 Å². The highest BCUT2D eigenvalue weighted by atomic mass is 32.2. The van der Waals surface area contributed by atoms with Crippen LogP contribution >= 0.6 is 0 Å². The average Bonchev–Trinajstić information content (AvgIpc) is 2.59. The number of carbonyl (C=O) groups excluding carboxylic acids is 1. The second-order valence-corrected chi connectivity index (χ2v) is 6.06. The van der Waals surface area contributed by atoms with Gasteiger partial charge in [-0.2, -0.15) is 8.42 Å². The number of carbonyl (C=O) groups is 1. The Bertz CT molecular complexity index is 562. The minimum absolute atomic E-state index is 0.159. The van der Waals surface area contributed by atoms with Gasteiger partial charge in [0, 0.05) is 11.6 Å². The molecule has 100 valence electrons. The molecule has 0 aromatic carbocycles. The smallest absolute Gasteiger partial charge is 0.328 e. The Morgan fingerprint density at radius 2 is 2.00 bits per heavy atom. The number of hydrogen-bond acceptors (Lipinski definition) is 4. The standard InChI is InChI=1S/C11H15NO5S/c1-11(2,3)12-9(13)6-4-8-5-7-10(17-8)18(14,15)16/h4-7H,1-3H3,(H,12,13)(H,14,15,16)/b6-4+. The van der Waals surface area contributed by atoms with E-state index < -0.39 is 15.2 Å². The Hall–Kier alpha value is -1.60. The van der Waals surface area contributed by atoms with E-state index in [1.807, 2.05) is 20.8 Å². The van der Waals surface area contributed by atoms with Gasteiger partial charge in [-0.15, -0.1) is 0 Å². The van der Waals surface area contributed by atoms with Crippen molar-refractivity contribution in [3.63, 3.8) is 0 Å². The number of rotatable bonds is 3. The third-order valence-corrected chi connectivity index (χ3v) is 2.48. The van der Waals surface area contributed by atoms with E-state index in [0.717, 1.165) is 6.07 Å². The third kappa shape index (κ3) is 4.72.